The molecular formula is C24H27N5O3. The molecule has 0 atom stereocenters. The van der Waals surface area contributed by atoms with Crippen molar-refractivity contribution < 1.29 is 14.3 Å². The van der Waals surface area contributed by atoms with Gasteiger partial charge in [0, 0.05) is 36.7 Å². The van der Waals surface area contributed by atoms with E-state index in [1.165, 1.54) is 0 Å². The van der Waals surface area contributed by atoms with Crippen LogP contribution >= 0.6 is 0 Å². The first-order chi connectivity index (χ1) is 15.6. The number of carbonyl (C=O) groups is 2. The van der Waals surface area contributed by atoms with Crippen molar-refractivity contribution in [2.45, 2.75) is 38.7 Å². The van der Waals surface area contributed by atoms with Gasteiger partial charge in [0.25, 0.3) is 5.91 Å². The van der Waals surface area contributed by atoms with Gasteiger partial charge in [0.2, 0.25) is 11.9 Å². The van der Waals surface area contributed by atoms with Crippen LogP contribution in [0.2, 0.25) is 0 Å². The number of hydrogen-bond donors (Lipinski definition) is 1. The van der Waals surface area contributed by atoms with Crippen molar-refractivity contribution in [1.29, 1.82) is 0 Å². The molecular weight excluding hydrogens is 406 g/mol. The van der Waals surface area contributed by atoms with Crippen LogP contribution in [0.4, 0.5) is 5.95 Å². The molecule has 0 unspecified atom stereocenters. The summed E-state index contributed by atoms with van der Waals surface area (Å²) in [6, 6.07) is 13.3. The van der Waals surface area contributed by atoms with Crippen molar-refractivity contribution >= 4 is 23.4 Å². The van der Waals surface area contributed by atoms with Gasteiger partial charge in [-0.3, -0.25) is 14.9 Å². The average molecular weight is 434 g/mol. The summed E-state index contributed by atoms with van der Waals surface area (Å²) in [4.78, 5) is 31.3. The Morgan fingerprint density at radius 1 is 1.06 bits per heavy atom. The van der Waals surface area contributed by atoms with Gasteiger partial charge in [-0.25, -0.2) is 4.52 Å². The monoisotopic (exact) mass is 433 g/mol. The highest BCUT2D eigenvalue weighted by atomic mass is 16.5. The van der Waals surface area contributed by atoms with E-state index in [2.05, 4.69) is 15.4 Å². The molecule has 1 aliphatic heterocycles. The third-order valence-corrected chi connectivity index (χ3v) is 6.10. The number of benzene rings is 1. The summed E-state index contributed by atoms with van der Waals surface area (Å²) in [5.74, 6) is 0.443. The van der Waals surface area contributed by atoms with Crippen LogP contribution in [0.5, 0.6) is 0 Å². The lowest BCUT2D eigenvalue weighted by Gasteiger charge is -2.31. The van der Waals surface area contributed by atoms with Gasteiger partial charge in [-0.05, 0) is 56.9 Å². The standard InChI is InChI=1S/C24H27N5O3/c1-2-32-19-12-14-28(15-13-19)23(31)18-10-6-16(7-11-18)20-4-3-5-21-25-24(27-29(20)21)26-22(30)17-8-9-17/h3-7,10-11,17,19H,2,8-9,12-15H2,1H3,(H,26,27,30). The van der Waals surface area contributed by atoms with Crippen LogP contribution in [0.25, 0.3) is 16.9 Å². The quantitative estimate of drug-likeness (QED) is 0.644. The summed E-state index contributed by atoms with van der Waals surface area (Å²) < 4.78 is 7.40. The topological polar surface area (TPSA) is 88.8 Å². The summed E-state index contributed by atoms with van der Waals surface area (Å²) in [6.45, 7) is 4.16. The first-order valence-corrected chi connectivity index (χ1v) is 11.3. The lowest BCUT2D eigenvalue weighted by molar-refractivity contribution is -0.117. The first-order valence-electron chi connectivity index (χ1n) is 11.3. The molecule has 32 heavy (non-hydrogen) atoms. The number of rotatable bonds is 6. The summed E-state index contributed by atoms with van der Waals surface area (Å²) in [7, 11) is 0. The normalized spacial score (nSPS) is 17.0. The molecule has 2 amide bonds. The molecule has 3 aromatic rings. The van der Waals surface area contributed by atoms with Crippen LogP contribution in [-0.2, 0) is 9.53 Å². The van der Waals surface area contributed by atoms with Gasteiger partial charge < -0.3 is 9.64 Å². The zero-order valence-electron chi connectivity index (χ0n) is 18.2. The summed E-state index contributed by atoms with van der Waals surface area (Å²) in [6.07, 6.45) is 3.88. The lowest BCUT2D eigenvalue weighted by atomic mass is 10.0. The third-order valence-electron chi connectivity index (χ3n) is 6.10. The predicted octanol–water partition coefficient (Wildman–Crippen LogP) is 3.39. The van der Waals surface area contributed by atoms with Crippen LogP contribution in [0, 0.1) is 5.92 Å². The van der Waals surface area contributed by atoms with Crippen molar-refractivity contribution in [3.63, 3.8) is 0 Å². The summed E-state index contributed by atoms with van der Waals surface area (Å²) >= 11 is 0. The van der Waals surface area contributed by atoms with Crippen molar-refractivity contribution in [3.05, 3.63) is 48.0 Å². The number of amides is 2. The summed E-state index contributed by atoms with van der Waals surface area (Å²) in [5, 5.41) is 7.28. The molecule has 1 aromatic carbocycles. The molecule has 3 heterocycles. The van der Waals surface area contributed by atoms with E-state index < -0.39 is 0 Å². The second-order valence-electron chi connectivity index (χ2n) is 8.40. The van der Waals surface area contributed by atoms with E-state index in [0.717, 1.165) is 50.0 Å². The second kappa shape index (κ2) is 8.70. The molecule has 8 heteroatoms. The van der Waals surface area contributed by atoms with E-state index in [9.17, 15) is 9.59 Å². The molecule has 166 valence electrons. The second-order valence-corrected chi connectivity index (χ2v) is 8.40. The fraction of sp³-hybridized carbons (Fsp3) is 0.417. The number of hydrogen-bond acceptors (Lipinski definition) is 5. The van der Waals surface area contributed by atoms with Crippen LogP contribution in [0.3, 0.4) is 0 Å². The van der Waals surface area contributed by atoms with Crippen LogP contribution in [0.15, 0.2) is 42.5 Å². The van der Waals surface area contributed by atoms with Crippen LogP contribution < -0.4 is 5.32 Å². The van der Waals surface area contributed by atoms with Crippen molar-refractivity contribution in [2.24, 2.45) is 5.92 Å². The Bertz CT molecular complexity index is 1130. The molecule has 5 rings (SSSR count). The molecule has 1 aliphatic carbocycles. The number of piperidine rings is 1. The largest absolute Gasteiger partial charge is 0.378 e. The van der Waals surface area contributed by atoms with E-state index in [-0.39, 0.29) is 23.8 Å². The summed E-state index contributed by atoms with van der Waals surface area (Å²) in [5.41, 5.74) is 3.10. The number of fused-ring (bicyclic) bond motifs is 1. The number of anilines is 1. The molecule has 0 spiro atoms. The Morgan fingerprint density at radius 3 is 2.50 bits per heavy atom. The zero-order chi connectivity index (χ0) is 22.1. The first kappa shape index (κ1) is 20.6. The van der Waals surface area contributed by atoms with E-state index in [1.54, 1.807) is 4.52 Å². The van der Waals surface area contributed by atoms with Crippen LogP contribution in [-0.4, -0.2) is 57.1 Å². The molecule has 0 radical (unpaired) electrons. The van der Waals surface area contributed by atoms with E-state index >= 15 is 0 Å². The molecule has 1 saturated heterocycles. The highest BCUT2D eigenvalue weighted by Gasteiger charge is 2.30. The smallest absolute Gasteiger partial charge is 0.253 e. The van der Waals surface area contributed by atoms with Crippen LogP contribution in [0.1, 0.15) is 43.0 Å². The number of nitrogens with one attached hydrogen (secondary N) is 1. The number of ether oxygens (including phenoxy) is 1. The highest BCUT2D eigenvalue weighted by Crippen LogP contribution is 2.30. The van der Waals surface area contributed by atoms with Crippen molar-refractivity contribution in [1.82, 2.24) is 19.5 Å². The average Bonchev–Trinajstić information content (AvgIpc) is 3.59. The minimum Gasteiger partial charge on any atom is -0.378 e. The maximum Gasteiger partial charge on any atom is 0.253 e. The van der Waals surface area contributed by atoms with Crippen molar-refractivity contribution in [2.75, 3.05) is 25.0 Å². The SMILES string of the molecule is CCOC1CCN(C(=O)c2ccc(-c3cccc4nc(NC(=O)C5CC5)nn34)cc2)CC1. The molecule has 2 aromatic heterocycles. The van der Waals surface area contributed by atoms with E-state index in [1.807, 2.05) is 54.3 Å². The molecule has 0 bridgehead atoms. The number of carbonyl (C=O) groups excluding carboxylic acids is 2. The molecule has 8 nitrogen and oxygen atoms in total. The minimum atomic E-state index is -0.0180. The van der Waals surface area contributed by atoms with Gasteiger partial charge in [0.1, 0.15) is 0 Å². The van der Waals surface area contributed by atoms with Gasteiger partial charge in [0.15, 0.2) is 5.65 Å². The minimum absolute atomic E-state index is 0.0180. The number of pyridine rings is 1. The number of likely N-dealkylation sites (tertiary alicyclic amines) is 1. The van der Waals surface area contributed by atoms with Gasteiger partial charge in [-0.15, -0.1) is 5.10 Å². The molecule has 1 N–H and O–H groups in total. The Kier molecular flexibility index (Phi) is 5.61. The molecule has 2 aliphatic rings. The Morgan fingerprint density at radius 2 is 1.81 bits per heavy atom. The Labute approximate surface area is 186 Å². The predicted molar refractivity (Wildman–Crippen MR) is 120 cm³/mol. The molecule has 1 saturated carbocycles. The maximum atomic E-state index is 12.9. The molecule has 2 fully saturated rings. The Hall–Kier alpha value is -3.26. The Balaban J connectivity index is 1.32. The zero-order valence-corrected chi connectivity index (χ0v) is 18.2. The van der Waals surface area contributed by atoms with E-state index in [0.29, 0.717) is 23.8 Å². The van der Waals surface area contributed by atoms with Gasteiger partial charge in [-0.1, -0.05) is 18.2 Å². The fourth-order valence-corrected chi connectivity index (χ4v) is 4.16. The van der Waals surface area contributed by atoms with Crippen molar-refractivity contribution in [3.8, 4) is 11.3 Å². The number of nitrogens with zero attached hydrogens (tertiary/aromatic N) is 4. The van der Waals surface area contributed by atoms with Gasteiger partial charge in [0.05, 0.1) is 11.8 Å². The van der Waals surface area contributed by atoms with Gasteiger partial charge in [-0.2, -0.15) is 4.98 Å². The van der Waals surface area contributed by atoms with Gasteiger partial charge >= 0.3 is 0 Å². The lowest BCUT2D eigenvalue weighted by Crippen LogP contribution is -2.40. The van der Waals surface area contributed by atoms with E-state index in [4.69, 9.17) is 4.74 Å². The maximum absolute atomic E-state index is 12.9. The highest BCUT2D eigenvalue weighted by molar-refractivity contribution is 5.95. The third kappa shape index (κ3) is 4.23. The number of aromatic nitrogens is 3. The fourth-order valence-electron chi connectivity index (χ4n) is 4.16.